The van der Waals surface area contributed by atoms with E-state index in [2.05, 4.69) is 4.74 Å². The second-order valence-electron chi connectivity index (χ2n) is 3.45. The maximum atomic E-state index is 11.3. The van der Waals surface area contributed by atoms with Gasteiger partial charge in [-0.25, -0.2) is 4.79 Å². The molecule has 0 aromatic heterocycles. The molecule has 0 saturated carbocycles. The molecule has 0 spiro atoms. The molecule has 1 rings (SSSR count). The van der Waals surface area contributed by atoms with Crippen molar-refractivity contribution in [2.24, 2.45) is 0 Å². The van der Waals surface area contributed by atoms with E-state index in [9.17, 15) is 9.59 Å². The molecule has 0 amide bonds. The number of ether oxygens (including phenoxy) is 2. The van der Waals surface area contributed by atoms with Crippen LogP contribution >= 0.6 is 0 Å². The average Bonchev–Trinajstić information content (AvgIpc) is 2.22. The third kappa shape index (κ3) is 3.38. The van der Waals surface area contributed by atoms with Crippen molar-refractivity contribution in [3.63, 3.8) is 0 Å². The van der Waals surface area contributed by atoms with E-state index in [1.807, 2.05) is 19.9 Å². The van der Waals surface area contributed by atoms with Gasteiger partial charge in [-0.15, -0.1) is 0 Å². The molecular weight excluding hydrogens is 208 g/mol. The quantitative estimate of drug-likeness (QED) is 0.577. The second kappa shape index (κ2) is 5.30. The van der Waals surface area contributed by atoms with E-state index in [0.29, 0.717) is 5.75 Å². The fraction of sp³-hybridized carbons (Fsp3) is 0.333. The number of hydrogen-bond donors (Lipinski definition) is 0. The van der Waals surface area contributed by atoms with Gasteiger partial charge in [0.15, 0.2) is 6.61 Å². The van der Waals surface area contributed by atoms with E-state index in [1.54, 1.807) is 12.1 Å². The van der Waals surface area contributed by atoms with Crippen molar-refractivity contribution in [3.8, 4) is 5.75 Å². The van der Waals surface area contributed by atoms with Crippen molar-refractivity contribution in [3.05, 3.63) is 29.3 Å². The molecule has 0 atom stereocenters. The largest absolute Gasteiger partial charge is 0.454 e. The zero-order valence-corrected chi connectivity index (χ0v) is 9.57. The summed E-state index contributed by atoms with van der Waals surface area (Å²) in [6.07, 6.45) is 0. The van der Waals surface area contributed by atoms with Gasteiger partial charge in [-0.05, 0) is 31.0 Å². The van der Waals surface area contributed by atoms with E-state index >= 15 is 0 Å². The Kier molecular flexibility index (Phi) is 4.05. The van der Waals surface area contributed by atoms with Crippen LogP contribution in [0.3, 0.4) is 0 Å². The van der Waals surface area contributed by atoms with Gasteiger partial charge in [-0.1, -0.05) is 12.1 Å². The molecule has 4 nitrogen and oxygen atoms in total. The van der Waals surface area contributed by atoms with E-state index in [4.69, 9.17) is 4.74 Å². The molecule has 0 N–H and O–H groups in total. The molecule has 0 saturated heterocycles. The Morgan fingerprint density at radius 3 is 2.56 bits per heavy atom. The summed E-state index contributed by atoms with van der Waals surface area (Å²) in [7, 11) is 0. The van der Waals surface area contributed by atoms with Gasteiger partial charge in [-0.3, -0.25) is 4.79 Å². The highest BCUT2D eigenvalue weighted by atomic mass is 16.6. The summed E-state index contributed by atoms with van der Waals surface area (Å²) in [5, 5.41) is 0. The Morgan fingerprint density at radius 2 is 1.94 bits per heavy atom. The van der Waals surface area contributed by atoms with Crippen LogP contribution in [0.15, 0.2) is 18.2 Å². The van der Waals surface area contributed by atoms with Crippen molar-refractivity contribution >= 4 is 11.9 Å². The monoisotopic (exact) mass is 222 g/mol. The van der Waals surface area contributed by atoms with E-state index in [1.165, 1.54) is 6.92 Å². The molecule has 16 heavy (non-hydrogen) atoms. The second-order valence-corrected chi connectivity index (χ2v) is 3.45. The van der Waals surface area contributed by atoms with Crippen LogP contribution in [0, 0.1) is 13.8 Å². The molecule has 0 aliphatic carbocycles. The summed E-state index contributed by atoms with van der Waals surface area (Å²) in [6, 6.07) is 5.43. The maximum Gasteiger partial charge on any atom is 0.349 e. The first-order valence-electron chi connectivity index (χ1n) is 4.91. The fourth-order valence-corrected chi connectivity index (χ4v) is 1.15. The number of benzene rings is 1. The summed E-state index contributed by atoms with van der Waals surface area (Å²) in [5.74, 6) is -0.584. The number of carbonyl (C=O) groups excluding carboxylic acids is 2. The van der Waals surface area contributed by atoms with Crippen LogP contribution in [0.2, 0.25) is 0 Å². The van der Waals surface area contributed by atoms with Crippen LogP contribution < -0.4 is 4.74 Å². The zero-order chi connectivity index (χ0) is 12.1. The standard InChI is InChI=1S/C12H14O4/c1-8-5-4-6-11(9(8)2)16-12(14)7-15-10(3)13/h4-6H,7H2,1-3H3. The number of aryl methyl sites for hydroxylation is 1. The highest BCUT2D eigenvalue weighted by Gasteiger charge is 2.09. The zero-order valence-electron chi connectivity index (χ0n) is 9.57. The van der Waals surface area contributed by atoms with E-state index in [-0.39, 0.29) is 6.61 Å². The summed E-state index contributed by atoms with van der Waals surface area (Å²) < 4.78 is 9.59. The molecule has 0 aliphatic rings. The van der Waals surface area contributed by atoms with Gasteiger partial charge >= 0.3 is 11.9 Å². The SMILES string of the molecule is CC(=O)OCC(=O)Oc1cccc(C)c1C. The van der Waals surface area contributed by atoms with Gasteiger partial charge in [0.1, 0.15) is 5.75 Å². The Balaban J connectivity index is 2.63. The van der Waals surface area contributed by atoms with Crippen LogP contribution in [0.1, 0.15) is 18.1 Å². The van der Waals surface area contributed by atoms with Crippen molar-refractivity contribution in [2.75, 3.05) is 6.61 Å². The molecule has 0 unspecified atom stereocenters. The van der Waals surface area contributed by atoms with Crippen molar-refractivity contribution in [1.29, 1.82) is 0 Å². The first kappa shape index (κ1) is 12.2. The van der Waals surface area contributed by atoms with E-state index in [0.717, 1.165) is 11.1 Å². The molecule has 0 fully saturated rings. The molecule has 0 heterocycles. The average molecular weight is 222 g/mol. The highest BCUT2D eigenvalue weighted by Crippen LogP contribution is 2.20. The third-order valence-corrected chi connectivity index (χ3v) is 2.17. The summed E-state index contributed by atoms with van der Waals surface area (Å²) in [4.78, 5) is 21.8. The topological polar surface area (TPSA) is 52.6 Å². The lowest BCUT2D eigenvalue weighted by Crippen LogP contribution is -2.17. The highest BCUT2D eigenvalue weighted by molar-refractivity contribution is 5.77. The van der Waals surface area contributed by atoms with Gasteiger partial charge in [0.05, 0.1) is 0 Å². The van der Waals surface area contributed by atoms with Gasteiger partial charge in [-0.2, -0.15) is 0 Å². The first-order chi connectivity index (χ1) is 7.50. The Bertz CT molecular complexity index is 409. The van der Waals surface area contributed by atoms with Crippen LogP contribution in [-0.2, 0) is 14.3 Å². The summed E-state index contributed by atoms with van der Waals surface area (Å²) in [6.45, 7) is 4.68. The lowest BCUT2D eigenvalue weighted by Gasteiger charge is -2.08. The fourth-order valence-electron chi connectivity index (χ4n) is 1.15. The molecule has 86 valence electrons. The van der Waals surface area contributed by atoms with Gasteiger partial charge in [0.25, 0.3) is 0 Å². The maximum absolute atomic E-state index is 11.3. The van der Waals surface area contributed by atoms with Gasteiger partial charge in [0, 0.05) is 6.92 Å². The number of carbonyl (C=O) groups is 2. The van der Waals surface area contributed by atoms with Crippen molar-refractivity contribution in [2.45, 2.75) is 20.8 Å². The minimum Gasteiger partial charge on any atom is -0.454 e. The van der Waals surface area contributed by atoms with Gasteiger partial charge < -0.3 is 9.47 Å². The number of rotatable bonds is 3. The van der Waals surface area contributed by atoms with Crippen LogP contribution in [0.4, 0.5) is 0 Å². The first-order valence-corrected chi connectivity index (χ1v) is 4.91. The van der Waals surface area contributed by atoms with Crippen LogP contribution in [-0.4, -0.2) is 18.5 Å². The summed E-state index contributed by atoms with van der Waals surface area (Å²) >= 11 is 0. The molecule has 1 aromatic rings. The molecule has 1 aromatic carbocycles. The predicted octanol–water partition coefficient (Wildman–Crippen LogP) is 1.77. The Labute approximate surface area is 94.2 Å². The molecule has 0 aliphatic heterocycles. The van der Waals surface area contributed by atoms with Crippen LogP contribution in [0.5, 0.6) is 5.75 Å². The Morgan fingerprint density at radius 1 is 1.25 bits per heavy atom. The smallest absolute Gasteiger partial charge is 0.349 e. The summed E-state index contributed by atoms with van der Waals surface area (Å²) in [5.41, 5.74) is 1.94. The number of hydrogen-bond acceptors (Lipinski definition) is 4. The van der Waals surface area contributed by atoms with Crippen molar-refractivity contribution < 1.29 is 19.1 Å². The molecular formula is C12H14O4. The minimum atomic E-state index is -0.580. The van der Waals surface area contributed by atoms with Crippen molar-refractivity contribution in [1.82, 2.24) is 0 Å². The third-order valence-electron chi connectivity index (χ3n) is 2.17. The lowest BCUT2D eigenvalue weighted by molar-refractivity contribution is -0.152. The lowest BCUT2D eigenvalue weighted by atomic mass is 10.1. The molecule has 0 radical (unpaired) electrons. The van der Waals surface area contributed by atoms with Gasteiger partial charge in [0.2, 0.25) is 0 Å². The van der Waals surface area contributed by atoms with Crippen LogP contribution in [0.25, 0.3) is 0 Å². The predicted molar refractivity (Wildman–Crippen MR) is 58.2 cm³/mol. The minimum absolute atomic E-state index is 0.358. The normalized spacial score (nSPS) is 9.69. The Hall–Kier alpha value is -1.84. The molecule has 4 heteroatoms. The molecule has 0 bridgehead atoms. The van der Waals surface area contributed by atoms with E-state index < -0.39 is 11.9 Å². The number of esters is 2.